The van der Waals surface area contributed by atoms with Crippen LogP contribution in [0.15, 0.2) is 12.3 Å². The second kappa shape index (κ2) is 3.60. The van der Waals surface area contributed by atoms with Crippen LogP contribution in [0.5, 0.6) is 0 Å². The molecule has 0 aliphatic heterocycles. The molecule has 2 nitrogen and oxygen atoms in total. The van der Waals surface area contributed by atoms with Crippen LogP contribution in [0.3, 0.4) is 0 Å². The van der Waals surface area contributed by atoms with Gasteiger partial charge >= 0.3 is 6.18 Å². The zero-order valence-corrected chi connectivity index (χ0v) is 8.26. The Hall–Kier alpha value is -0.660. The predicted octanol–water partition coefficient (Wildman–Crippen LogP) is 2.52. The van der Waals surface area contributed by atoms with E-state index in [4.69, 9.17) is 0 Å². The maximum absolute atomic E-state index is 12.2. The van der Waals surface area contributed by atoms with Crippen molar-refractivity contribution in [3.8, 4) is 0 Å². The predicted molar refractivity (Wildman–Crippen MR) is 47.3 cm³/mol. The Morgan fingerprint density at radius 1 is 1.46 bits per heavy atom. The molecule has 70 valence electrons. The number of hydrogen-bond donors (Lipinski definition) is 0. The molecule has 13 heavy (non-hydrogen) atoms. The number of hydrogen-bond acceptors (Lipinski definition) is 2. The van der Waals surface area contributed by atoms with E-state index in [9.17, 15) is 18.0 Å². The van der Waals surface area contributed by atoms with Gasteiger partial charge < -0.3 is 0 Å². The molecule has 0 aromatic carbocycles. The van der Waals surface area contributed by atoms with Crippen LogP contribution in [-0.2, 0) is 6.18 Å². The van der Waals surface area contributed by atoms with E-state index in [1.165, 1.54) is 0 Å². The maximum atomic E-state index is 12.2. The highest BCUT2D eigenvalue weighted by Crippen LogP contribution is 2.31. The van der Waals surface area contributed by atoms with Gasteiger partial charge in [0.25, 0.3) is 0 Å². The Morgan fingerprint density at radius 3 is 2.54 bits per heavy atom. The molecule has 0 amide bonds. The van der Waals surface area contributed by atoms with Crippen molar-refractivity contribution in [2.24, 2.45) is 0 Å². The van der Waals surface area contributed by atoms with E-state index in [2.05, 4.69) is 4.98 Å². The quantitative estimate of drug-likeness (QED) is 0.453. The Morgan fingerprint density at radius 2 is 2.08 bits per heavy atom. The number of aromatic nitrogens is 1. The second-order valence-corrected chi connectivity index (χ2v) is 3.32. The number of alkyl halides is 3. The van der Waals surface area contributed by atoms with Crippen molar-refractivity contribution in [1.82, 2.24) is 4.98 Å². The molecule has 0 bridgehead atoms. The molecular weight excluding hydrogens is 298 g/mol. The van der Waals surface area contributed by atoms with E-state index in [-0.39, 0.29) is 11.8 Å². The summed E-state index contributed by atoms with van der Waals surface area (Å²) in [6.07, 6.45) is -3.69. The molecule has 0 unspecified atom stereocenters. The smallest absolute Gasteiger partial charge is 0.298 e. The molecular formula is C7H3F3INO. The Bertz CT molecular complexity index is 337. The molecule has 0 N–H and O–H groups in total. The molecule has 0 saturated carbocycles. The Labute approximate surface area is 85.3 Å². The third-order valence-electron chi connectivity index (χ3n) is 1.33. The van der Waals surface area contributed by atoms with Gasteiger partial charge in [-0.25, -0.2) is 4.98 Å². The van der Waals surface area contributed by atoms with E-state index in [0.717, 1.165) is 6.07 Å². The molecule has 6 heteroatoms. The van der Waals surface area contributed by atoms with Crippen LogP contribution in [0.2, 0.25) is 0 Å². The van der Waals surface area contributed by atoms with Gasteiger partial charge in [0.15, 0.2) is 6.29 Å². The van der Waals surface area contributed by atoms with Crippen molar-refractivity contribution in [1.29, 1.82) is 0 Å². The first-order chi connectivity index (χ1) is 5.95. The van der Waals surface area contributed by atoms with Crippen LogP contribution in [0, 0.1) is 3.70 Å². The van der Waals surface area contributed by atoms with Crippen molar-refractivity contribution in [2.75, 3.05) is 0 Å². The number of halogens is 4. The lowest BCUT2D eigenvalue weighted by molar-refractivity contribution is -0.138. The first kappa shape index (κ1) is 10.4. The zero-order chi connectivity index (χ0) is 10.1. The number of rotatable bonds is 1. The fourth-order valence-electron chi connectivity index (χ4n) is 0.778. The summed E-state index contributed by atoms with van der Waals surface area (Å²) in [5.74, 6) is 0. The summed E-state index contributed by atoms with van der Waals surface area (Å²) in [5, 5.41) is 0. The van der Waals surface area contributed by atoms with Crippen LogP contribution >= 0.6 is 22.6 Å². The van der Waals surface area contributed by atoms with Crippen molar-refractivity contribution >= 4 is 28.9 Å². The molecule has 0 spiro atoms. The van der Waals surface area contributed by atoms with Crippen LogP contribution in [-0.4, -0.2) is 11.3 Å². The van der Waals surface area contributed by atoms with E-state index < -0.39 is 11.7 Å². The number of carbonyl (C=O) groups is 1. The van der Waals surface area contributed by atoms with Gasteiger partial charge in [0.2, 0.25) is 0 Å². The molecule has 0 saturated heterocycles. The SMILES string of the molecule is O=Cc1cc(I)ncc1C(F)(F)F. The summed E-state index contributed by atoms with van der Waals surface area (Å²) in [6, 6.07) is 1.09. The third kappa shape index (κ3) is 2.39. The van der Waals surface area contributed by atoms with Crippen molar-refractivity contribution in [2.45, 2.75) is 6.18 Å². The summed E-state index contributed by atoms with van der Waals surface area (Å²) in [4.78, 5) is 13.8. The molecule has 1 aromatic heterocycles. The van der Waals surface area contributed by atoms with Crippen molar-refractivity contribution in [3.05, 3.63) is 27.1 Å². The normalized spacial score (nSPS) is 11.4. The second-order valence-electron chi connectivity index (χ2n) is 2.21. The van der Waals surface area contributed by atoms with Crippen LogP contribution in [0.25, 0.3) is 0 Å². The van der Waals surface area contributed by atoms with Gasteiger partial charge in [-0.3, -0.25) is 4.79 Å². The number of aldehydes is 1. The van der Waals surface area contributed by atoms with Gasteiger partial charge in [-0.15, -0.1) is 0 Å². The van der Waals surface area contributed by atoms with E-state index >= 15 is 0 Å². The van der Waals surface area contributed by atoms with Crippen molar-refractivity contribution in [3.63, 3.8) is 0 Å². The number of pyridine rings is 1. The van der Waals surface area contributed by atoms with Gasteiger partial charge in [-0.1, -0.05) is 0 Å². The summed E-state index contributed by atoms with van der Waals surface area (Å²) in [7, 11) is 0. The number of carbonyl (C=O) groups excluding carboxylic acids is 1. The van der Waals surface area contributed by atoms with E-state index in [1.807, 2.05) is 0 Å². The molecule has 0 fully saturated rings. The monoisotopic (exact) mass is 301 g/mol. The van der Waals surface area contributed by atoms with Gasteiger partial charge in [0.1, 0.15) is 3.70 Å². The molecule has 1 aromatic rings. The fourth-order valence-corrected chi connectivity index (χ4v) is 1.25. The average molecular weight is 301 g/mol. The van der Waals surface area contributed by atoms with E-state index in [1.54, 1.807) is 22.6 Å². The maximum Gasteiger partial charge on any atom is 0.418 e. The molecule has 0 aliphatic carbocycles. The Kier molecular flexibility index (Phi) is 2.89. The highest BCUT2D eigenvalue weighted by molar-refractivity contribution is 14.1. The average Bonchev–Trinajstić information content (AvgIpc) is 2.01. The molecule has 0 atom stereocenters. The van der Waals surface area contributed by atoms with Crippen LogP contribution in [0.4, 0.5) is 13.2 Å². The van der Waals surface area contributed by atoms with Crippen molar-refractivity contribution < 1.29 is 18.0 Å². The van der Waals surface area contributed by atoms with Gasteiger partial charge in [-0.2, -0.15) is 13.2 Å². The fraction of sp³-hybridized carbons (Fsp3) is 0.143. The summed E-state index contributed by atoms with van der Waals surface area (Å²) in [6.45, 7) is 0. The minimum Gasteiger partial charge on any atom is -0.298 e. The minimum atomic E-state index is -4.52. The minimum absolute atomic E-state index is 0.173. The molecule has 1 rings (SSSR count). The lowest BCUT2D eigenvalue weighted by Crippen LogP contribution is -2.09. The topological polar surface area (TPSA) is 30.0 Å². The van der Waals surface area contributed by atoms with Gasteiger partial charge in [-0.05, 0) is 28.7 Å². The first-order valence-corrected chi connectivity index (χ1v) is 4.21. The summed E-state index contributed by atoms with van der Waals surface area (Å²) >= 11 is 1.74. The highest BCUT2D eigenvalue weighted by atomic mass is 127. The largest absolute Gasteiger partial charge is 0.418 e. The van der Waals surface area contributed by atoms with Gasteiger partial charge in [0.05, 0.1) is 5.56 Å². The van der Waals surface area contributed by atoms with E-state index in [0.29, 0.717) is 9.90 Å². The first-order valence-electron chi connectivity index (χ1n) is 3.13. The highest BCUT2D eigenvalue weighted by Gasteiger charge is 2.33. The lowest BCUT2D eigenvalue weighted by Gasteiger charge is -2.07. The van der Waals surface area contributed by atoms with Crippen LogP contribution < -0.4 is 0 Å². The summed E-state index contributed by atoms with van der Waals surface area (Å²) in [5.41, 5.74) is -1.38. The third-order valence-corrected chi connectivity index (χ3v) is 1.92. The lowest BCUT2D eigenvalue weighted by atomic mass is 10.1. The molecule has 0 aliphatic rings. The number of nitrogens with zero attached hydrogens (tertiary/aromatic N) is 1. The van der Waals surface area contributed by atoms with Crippen LogP contribution in [0.1, 0.15) is 15.9 Å². The molecule has 0 radical (unpaired) electrons. The zero-order valence-electron chi connectivity index (χ0n) is 6.10. The standard InChI is InChI=1S/C7H3F3INO/c8-7(9,10)5-2-12-6(11)1-4(5)3-13/h1-3H. The molecule has 1 heterocycles. The summed E-state index contributed by atoms with van der Waals surface area (Å²) < 4.78 is 36.9. The van der Waals surface area contributed by atoms with Gasteiger partial charge in [0, 0.05) is 11.8 Å². The Balaban J connectivity index is 3.29.